The molecule has 2 amide bonds. The number of nitrogens with zero attached hydrogens (tertiary/aromatic N) is 4. The lowest BCUT2D eigenvalue weighted by Crippen LogP contribution is -2.45. The van der Waals surface area contributed by atoms with Crippen molar-refractivity contribution >= 4 is 23.2 Å². The second-order valence-corrected chi connectivity index (χ2v) is 7.63. The fourth-order valence-electron chi connectivity index (χ4n) is 3.17. The van der Waals surface area contributed by atoms with E-state index in [1.54, 1.807) is 37.4 Å². The Morgan fingerprint density at radius 1 is 1.31 bits per heavy atom. The van der Waals surface area contributed by atoms with Gasteiger partial charge in [-0.25, -0.2) is 9.97 Å². The summed E-state index contributed by atoms with van der Waals surface area (Å²) in [6.07, 6.45) is 1.69. The highest BCUT2D eigenvalue weighted by Crippen LogP contribution is 2.27. The maximum atomic E-state index is 12.9. The van der Waals surface area contributed by atoms with Crippen LogP contribution in [0.4, 0.5) is 0 Å². The summed E-state index contributed by atoms with van der Waals surface area (Å²) in [5.74, 6) is -0.485. The zero-order valence-corrected chi connectivity index (χ0v) is 16.4. The van der Waals surface area contributed by atoms with E-state index in [0.29, 0.717) is 30.0 Å². The zero-order chi connectivity index (χ0) is 20.4. The first-order valence-corrected chi connectivity index (χ1v) is 9.92. The summed E-state index contributed by atoms with van der Waals surface area (Å²) in [5, 5.41) is 14.4. The Bertz CT molecular complexity index is 1100. The van der Waals surface area contributed by atoms with E-state index in [4.69, 9.17) is 5.26 Å². The van der Waals surface area contributed by atoms with E-state index in [-0.39, 0.29) is 11.8 Å². The normalized spacial score (nSPS) is 13.7. The molecule has 3 aromatic rings. The molecule has 1 atom stereocenters. The molecule has 0 saturated carbocycles. The highest BCUT2D eigenvalue weighted by molar-refractivity contribution is 7.09. The predicted octanol–water partition coefficient (Wildman–Crippen LogP) is 2.74. The summed E-state index contributed by atoms with van der Waals surface area (Å²) in [4.78, 5) is 35.6. The molecule has 144 valence electrons. The third-order valence-electron chi connectivity index (χ3n) is 4.84. The molecule has 1 aliphatic rings. The van der Waals surface area contributed by atoms with Gasteiger partial charge >= 0.3 is 0 Å². The van der Waals surface area contributed by atoms with Crippen molar-refractivity contribution in [1.82, 2.24) is 20.2 Å². The van der Waals surface area contributed by atoms with Gasteiger partial charge < -0.3 is 10.2 Å². The summed E-state index contributed by atoms with van der Waals surface area (Å²) >= 11 is 1.47. The van der Waals surface area contributed by atoms with Gasteiger partial charge in [-0.3, -0.25) is 9.59 Å². The predicted molar refractivity (Wildman–Crippen MR) is 108 cm³/mol. The van der Waals surface area contributed by atoms with Crippen molar-refractivity contribution in [2.45, 2.75) is 26.1 Å². The topological polar surface area (TPSA) is 99.0 Å². The van der Waals surface area contributed by atoms with Gasteiger partial charge in [0.25, 0.3) is 5.91 Å². The van der Waals surface area contributed by atoms with Crippen LogP contribution in [0.1, 0.15) is 33.5 Å². The quantitative estimate of drug-likeness (QED) is 0.706. The molecule has 3 heterocycles. The highest BCUT2D eigenvalue weighted by atomic mass is 32.1. The number of fused-ring (bicyclic) bond motifs is 1. The number of nitrogens with one attached hydrogen (secondary N) is 1. The number of aromatic nitrogens is 2. The van der Waals surface area contributed by atoms with Crippen LogP contribution in [0.25, 0.3) is 11.3 Å². The van der Waals surface area contributed by atoms with Gasteiger partial charge in [-0.05, 0) is 25.1 Å². The minimum absolute atomic E-state index is 0.228. The highest BCUT2D eigenvalue weighted by Gasteiger charge is 2.35. The first-order chi connectivity index (χ1) is 14.1. The molecule has 0 unspecified atom stereocenters. The van der Waals surface area contributed by atoms with Crippen LogP contribution < -0.4 is 5.32 Å². The van der Waals surface area contributed by atoms with Crippen LogP contribution in [0, 0.1) is 11.3 Å². The lowest BCUT2D eigenvalue weighted by atomic mass is 10.1. The van der Waals surface area contributed by atoms with Crippen molar-refractivity contribution < 1.29 is 9.59 Å². The number of hydrogen-bond donors (Lipinski definition) is 1. The van der Waals surface area contributed by atoms with Crippen LogP contribution in [0.2, 0.25) is 0 Å². The van der Waals surface area contributed by atoms with Gasteiger partial charge in [-0.1, -0.05) is 18.2 Å². The Balaban J connectivity index is 1.49. The Morgan fingerprint density at radius 2 is 2.10 bits per heavy atom. The third kappa shape index (κ3) is 3.73. The molecular formula is C21H17N5O2S. The molecule has 1 aromatic carbocycles. The van der Waals surface area contributed by atoms with E-state index in [1.165, 1.54) is 16.2 Å². The molecule has 1 aliphatic heterocycles. The van der Waals surface area contributed by atoms with Gasteiger partial charge in [0.15, 0.2) is 0 Å². The lowest BCUT2D eigenvalue weighted by Gasteiger charge is -2.22. The van der Waals surface area contributed by atoms with E-state index < -0.39 is 6.04 Å². The molecule has 29 heavy (non-hydrogen) atoms. The van der Waals surface area contributed by atoms with E-state index in [1.807, 2.05) is 17.5 Å². The molecule has 0 saturated heterocycles. The van der Waals surface area contributed by atoms with E-state index in [0.717, 1.165) is 16.1 Å². The first kappa shape index (κ1) is 18.8. The van der Waals surface area contributed by atoms with Crippen molar-refractivity contribution in [3.8, 4) is 17.3 Å². The van der Waals surface area contributed by atoms with Gasteiger partial charge in [0.05, 0.1) is 23.9 Å². The van der Waals surface area contributed by atoms with Crippen molar-refractivity contribution in [2.75, 3.05) is 0 Å². The Kier molecular flexibility index (Phi) is 5.06. The number of carbonyl (C=O) groups is 2. The second-order valence-electron chi connectivity index (χ2n) is 6.65. The van der Waals surface area contributed by atoms with Gasteiger partial charge in [0, 0.05) is 29.2 Å². The average Bonchev–Trinajstić information content (AvgIpc) is 3.39. The number of carbonyl (C=O) groups excluding carboxylic acids is 2. The summed E-state index contributed by atoms with van der Waals surface area (Å²) in [6.45, 7) is 2.40. The molecule has 7 nitrogen and oxygen atoms in total. The first-order valence-electron chi connectivity index (χ1n) is 9.04. The Hall–Kier alpha value is -3.57. The Labute approximate surface area is 171 Å². The smallest absolute Gasteiger partial charge is 0.273 e. The van der Waals surface area contributed by atoms with E-state index in [2.05, 4.69) is 21.4 Å². The fourth-order valence-corrected chi connectivity index (χ4v) is 3.73. The number of amides is 2. The molecule has 2 aromatic heterocycles. The molecule has 8 heteroatoms. The molecular weight excluding hydrogens is 386 g/mol. The molecule has 4 rings (SSSR count). The number of rotatable bonds is 5. The van der Waals surface area contributed by atoms with Crippen molar-refractivity contribution in [1.29, 1.82) is 5.26 Å². The largest absolute Gasteiger partial charge is 0.348 e. The van der Waals surface area contributed by atoms with Crippen molar-refractivity contribution in [2.24, 2.45) is 0 Å². The van der Waals surface area contributed by atoms with Gasteiger partial charge in [-0.2, -0.15) is 5.26 Å². The van der Waals surface area contributed by atoms with Crippen molar-refractivity contribution in [3.63, 3.8) is 0 Å². The lowest BCUT2D eigenvalue weighted by molar-refractivity contribution is -0.125. The number of pyridine rings is 1. The van der Waals surface area contributed by atoms with Crippen LogP contribution in [-0.2, 0) is 17.9 Å². The molecule has 0 radical (unpaired) electrons. The molecule has 0 spiro atoms. The number of benzene rings is 1. The Morgan fingerprint density at radius 3 is 2.79 bits per heavy atom. The summed E-state index contributed by atoms with van der Waals surface area (Å²) in [6, 6.07) is 12.2. The van der Waals surface area contributed by atoms with E-state index >= 15 is 0 Å². The molecule has 1 N–H and O–H groups in total. The van der Waals surface area contributed by atoms with Crippen LogP contribution in [-0.4, -0.2) is 32.7 Å². The number of hydrogen-bond acceptors (Lipinski definition) is 6. The van der Waals surface area contributed by atoms with E-state index in [9.17, 15) is 9.59 Å². The van der Waals surface area contributed by atoms with Crippen LogP contribution in [0.5, 0.6) is 0 Å². The second kappa shape index (κ2) is 7.81. The van der Waals surface area contributed by atoms with Gasteiger partial charge in [0.1, 0.15) is 16.7 Å². The maximum absolute atomic E-state index is 12.9. The fraction of sp³-hybridized carbons (Fsp3) is 0.190. The molecule has 0 aliphatic carbocycles. The number of nitriles is 1. The maximum Gasteiger partial charge on any atom is 0.273 e. The summed E-state index contributed by atoms with van der Waals surface area (Å²) in [7, 11) is 0. The average molecular weight is 403 g/mol. The molecule has 0 bridgehead atoms. The minimum atomic E-state index is -0.616. The van der Waals surface area contributed by atoms with Crippen LogP contribution >= 0.6 is 11.3 Å². The number of thiazole rings is 1. The standard InChI is InChI=1S/C21H17N5O2S/c1-13(20(27)24-11-18-23-8-9-29-18)26-12-16-6-7-17(25-19(16)21(26)28)15-4-2-14(10-22)3-5-15/h2-9,13H,11-12H2,1H3,(H,24,27)/t13-/m1/s1. The monoisotopic (exact) mass is 403 g/mol. The van der Waals surface area contributed by atoms with Gasteiger partial charge in [0.2, 0.25) is 5.91 Å². The minimum Gasteiger partial charge on any atom is -0.348 e. The van der Waals surface area contributed by atoms with Crippen molar-refractivity contribution in [3.05, 3.63) is 69.8 Å². The third-order valence-corrected chi connectivity index (χ3v) is 5.62. The zero-order valence-electron chi connectivity index (χ0n) is 15.6. The van der Waals surface area contributed by atoms with Crippen LogP contribution in [0.15, 0.2) is 48.0 Å². The molecule has 0 fully saturated rings. The SMILES string of the molecule is C[C@H](C(=O)NCc1nccs1)N1Cc2ccc(-c3ccc(C#N)cc3)nc2C1=O. The van der Waals surface area contributed by atoms with Gasteiger partial charge in [-0.15, -0.1) is 11.3 Å². The summed E-state index contributed by atoms with van der Waals surface area (Å²) in [5.41, 5.74) is 3.21. The van der Waals surface area contributed by atoms with Crippen LogP contribution in [0.3, 0.4) is 0 Å². The summed E-state index contributed by atoms with van der Waals surface area (Å²) < 4.78 is 0.